The van der Waals surface area contributed by atoms with Gasteiger partial charge in [0.25, 0.3) is 5.91 Å². The summed E-state index contributed by atoms with van der Waals surface area (Å²) in [5, 5.41) is 3.00. The lowest BCUT2D eigenvalue weighted by molar-refractivity contribution is -0.922. The molecule has 1 N–H and O–H groups in total. The Bertz CT molecular complexity index is 1120. The molecular formula is C34H37BrN2O3. The first-order valence-corrected chi connectivity index (χ1v) is 13.8. The van der Waals surface area contributed by atoms with Gasteiger partial charge in [-0.1, -0.05) is 121 Å². The normalized spacial score (nSPS) is 14.5. The molecule has 1 aliphatic rings. The van der Waals surface area contributed by atoms with Gasteiger partial charge in [0.05, 0.1) is 26.3 Å². The van der Waals surface area contributed by atoms with Crippen LogP contribution in [0.25, 0.3) is 0 Å². The van der Waals surface area contributed by atoms with Crippen LogP contribution in [0.5, 0.6) is 0 Å². The third-order valence-corrected chi connectivity index (χ3v) is 7.50. The number of halogens is 1. The van der Waals surface area contributed by atoms with Gasteiger partial charge in [-0.25, -0.2) is 0 Å². The second-order valence-electron chi connectivity index (χ2n) is 10.2. The summed E-state index contributed by atoms with van der Waals surface area (Å²) in [6, 6.07) is 41.3. The van der Waals surface area contributed by atoms with Crippen molar-refractivity contribution < 1.29 is 35.7 Å². The van der Waals surface area contributed by atoms with E-state index >= 15 is 0 Å². The van der Waals surface area contributed by atoms with Gasteiger partial charge in [0.2, 0.25) is 0 Å². The van der Waals surface area contributed by atoms with E-state index in [2.05, 4.69) is 53.8 Å². The van der Waals surface area contributed by atoms with Crippen LogP contribution in [0.3, 0.4) is 0 Å². The first-order chi connectivity index (χ1) is 19.2. The van der Waals surface area contributed by atoms with Crippen LogP contribution in [0.1, 0.15) is 34.5 Å². The summed E-state index contributed by atoms with van der Waals surface area (Å²) < 4.78 is 13.8. The number of nitrogens with one attached hydrogen (secondary N) is 1. The van der Waals surface area contributed by atoms with Gasteiger partial charge in [0.1, 0.15) is 25.3 Å². The number of carbonyl (C=O) groups excluding carboxylic acids is 1. The second-order valence-corrected chi connectivity index (χ2v) is 10.2. The molecule has 1 amide bonds. The van der Waals surface area contributed by atoms with Gasteiger partial charge >= 0.3 is 0 Å². The van der Waals surface area contributed by atoms with Crippen LogP contribution in [0.4, 0.5) is 0 Å². The Morgan fingerprint density at radius 3 is 1.27 bits per heavy atom. The van der Waals surface area contributed by atoms with E-state index in [1.807, 2.05) is 72.8 Å². The summed E-state index contributed by atoms with van der Waals surface area (Å²) in [6.45, 7) is 4.55. The van der Waals surface area contributed by atoms with Gasteiger partial charge in [0.15, 0.2) is 6.54 Å². The number of hydrogen-bond acceptors (Lipinski definition) is 3. The number of amides is 1. The molecule has 0 bridgehead atoms. The molecule has 6 heteroatoms. The third-order valence-electron chi connectivity index (χ3n) is 7.50. The first-order valence-electron chi connectivity index (χ1n) is 13.8. The molecule has 4 aromatic rings. The van der Waals surface area contributed by atoms with Gasteiger partial charge in [-0.2, -0.15) is 0 Å². The molecule has 0 saturated carbocycles. The molecule has 0 aromatic heterocycles. The van der Waals surface area contributed by atoms with Crippen molar-refractivity contribution in [3.63, 3.8) is 0 Å². The number of piperazine rings is 1. The van der Waals surface area contributed by atoms with E-state index in [4.69, 9.17) is 9.47 Å². The Balaban J connectivity index is 0.00000370. The molecule has 0 atom stereocenters. The zero-order valence-electron chi connectivity index (χ0n) is 22.7. The van der Waals surface area contributed by atoms with Gasteiger partial charge in [-0.05, 0) is 22.3 Å². The van der Waals surface area contributed by atoms with E-state index in [1.54, 1.807) is 0 Å². The lowest BCUT2D eigenvalue weighted by Crippen LogP contribution is -3.00. The van der Waals surface area contributed by atoms with Crippen molar-refractivity contribution in [1.29, 1.82) is 0 Å². The van der Waals surface area contributed by atoms with Gasteiger partial charge in [-0.15, -0.1) is 0 Å². The zero-order chi connectivity index (χ0) is 26.8. The van der Waals surface area contributed by atoms with Crippen LogP contribution in [0.15, 0.2) is 121 Å². The van der Waals surface area contributed by atoms with Crippen LogP contribution >= 0.6 is 0 Å². The topological polar surface area (TPSA) is 47.6 Å². The third kappa shape index (κ3) is 7.89. The Hall–Kier alpha value is -3.29. The summed E-state index contributed by atoms with van der Waals surface area (Å²) in [6.07, 6.45) is -0.300. The maximum Gasteiger partial charge on any atom is 0.275 e. The van der Waals surface area contributed by atoms with Crippen molar-refractivity contribution in [2.24, 2.45) is 0 Å². The molecule has 1 heterocycles. The minimum atomic E-state index is -0.150. The fourth-order valence-corrected chi connectivity index (χ4v) is 5.38. The molecule has 5 nitrogen and oxygen atoms in total. The molecule has 1 aliphatic heterocycles. The summed E-state index contributed by atoms with van der Waals surface area (Å²) in [7, 11) is 0. The molecule has 1 saturated heterocycles. The molecule has 0 radical (unpaired) electrons. The molecular weight excluding hydrogens is 564 g/mol. The maximum absolute atomic E-state index is 12.6. The highest BCUT2D eigenvalue weighted by Gasteiger charge is 2.34. The average molecular weight is 602 g/mol. The SMILES string of the molecule is O=C1C[N+](CCOC(c2ccccc2)c2ccccc2)(CCOC(c2ccccc2)c2ccccc2)CCN1.[Br-]. The standard InChI is InChI=1S/C34H36N2O3.BrH/c37-32-27-36(22-21-35-32,23-25-38-33(28-13-5-1-6-14-28)29-15-7-2-8-16-29)24-26-39-34(30-17-9-3-10-18-30)31-19-11-4-12-20-31;/h1-20,33-34H,21-27H2;1H. The predicted molar refractivity (Wildman–Crippen MR) is 154 cm³/mol. The lowest BCUT2D eigenvalue weighted by atomic mass is 10.0. The molecule has 40 heavy (non-hydrogen) atoms. The van der Waals surface area contributed by atoms with Gasteiger partial charge < -0.3 is 36.3 Å². The fourth-order valence-electron chi connectivity index (χ4n) is 5.38. The van der Waals surface area contributed by atoms with Gasteiger partial charge in [0, 0.05) is 0 Å². The van der Waals surface area contributed by atoms with Crippen molar-refractivity contribution in [2.75, 3.05) is 45.9 Å². The van der Waals surface area contributed by atoms with Gasteiger partial charge in [-0.3, -0.25) is 4.79 Å². The molecule has 208 valence electrons. The lowest BCUT2D eigenvalue weighted by Gasteiger charge is -2.41. The molecule has 0 unspecified atom stereocenters. The van der Waals surface area contributed by atoms with Crippen molar-refractivity contribution >= 4 is 5.91 Å². The van der Waals surface area contributed by atoms with Crippen LogP contribution in [-0.4, -0.2) is 56.3 Å². The van der Waals surface area contributed by atoms with Crippen LogP contribution in [0, 0.1) is 0 Å². The van der Waals surface area contributed by atoms with E-state index in [-0.39, 0.29) is 35.1 Å². The number of quaternary nitrogens is 1. The van der Waals surface area contributed by atoms with Crippen molar-refractivity contribution in [2.45, 2.75) is 12.2 Å². The van der Waals surface area contributed by atoms with E-state index < -0.39 is 0 Å². The Morgan fingerprint density at radius 2 is 0.950 bits per heavy atom. The smallest absolute Gasteiger partial charge is 0.275 e. The number of ether oxygens (including phenoxy) is 2. The van der Waals surface area contributed by atoms with E-state index in [9.17, 15) is 4.79 Å². The fraction of sp³-hybridized carbons (Fsp3) is 0.265. The first kappa shape index (κ1) is 29.7. The summed E-state index contributed by atoms with van der Waals surface area (Å²) >= 11 is 0. The molecule has 5 rings (SSSR count). The molecule has 4 aromatic carbocycles. The van der Waals surface area contributed by atoms with Crippen LogP contribution in [0.2, 0.25) is 0 Å². The predicted octanol–water partition coefficient (Wildman–Crippen LogP) is 2.55. The molecule has 1 fully saturated rings. The number of benzene rings is 4. The number of nitrogens with zero attached hydrogens (tertiary/aromatic N) is 1. The van der Waals surface area contributed by atoms with Crippen LogP contribution in [-0.2, 0) is 14.3 Å². The number of rotatable bonds is 12. The average Bonchev–Trinajstić information content (AvgIpc) is 2.99. The Morgan fingerprint density at radius 1 is 0.600 bits per heavy atom. The zero-order valence-corrected chi connectivity index (χ0v) is 24.3. The Labute approximate surface area is 248 Å². The highest BCUT2D eigenvalue weighted by molar-refractivity contribution is 5.77. The van der Waals surface area contributed by atoms with E-state index in [0.717, 1.165) is 41.9 Å². The minimum absolute atomic E-state index is 0. The van der Waals surface area contributed by atoms with Crippen LogP contribution < -0.4 is 22.3 Å². The van der Waals surface area contributed by atoms with E-state index in [0.29, 0.717) is 30.8 Å². The second kappa shape index (κ2) is 14.9. The number of carbonyl (C=O) groups is 1. The van der Waals surface area contributed by atoms with E-state index in [1.165, 1.54) is 0 Å². The van der Waals surface area contributed by atoms with Crippen molar-refractivity contribution in [3.8, 4) is 0 Å². The highest BCUT2D eigenvalue weighted by atomic mass is 79.9. The monoisotopic (exact) mass is 600 g/mol. The van der Waals surface area contributed by atoms with Crippen molar-refractivity contribution in [3.05, 3.63) is 144 Å². The molecule has 0 aliphatic carbocycles. The largest absolute Gasteiger partial charge is 1.00 e. The summed E-state index contributed by atoms with van der Waals surface area (Å²) in [5.41, 5.74) is 4.51. The minimum Gasteiger partial charge on any atom is -1.00 e. The molecule has 0 spiro atoms. The van der Waals surface area contributed by atoms with Crippen molar-refractivity contribution in [1.82, 2.24) is 5.32 Å². The quantitative estimate of drug-likeness (QED) is 0.254. The summed E-state index contributed by atoms with van der Waals surface area (Å²) in [4.78, 5) is 12.6. The Kier molecular flexibility index (Phi) is 11.1. The summed E-state index contributed by atoms with van der Waals surface area (Å²) in [5.74, 6) is 0.0894. The number of hydrogen-bond donors (Lipinski definition) is 1. The highest BCUT2D eigenvalue weighted by Crippen LogP contribution is 2.28. The maximum atomic E-state index is 12.6.